The molecular weight excluding hydrogens is 354 g/mol. The Morgan fingerprint density at radius 2 is 1.81 bits per heavy atom. The Labute approximate surface area is 157 Å². The topological polar surface area (TPSA) is 78.5 Å². The molecule has 2 amide bonds. The van der Waals surface area contributed by atoms with Crippen molar-refractivity contribution < 1.29 is 14.4 Å². The van der Waals surface area contributed by atoms with Gasteiger partial charge in [0.15, 0.2) is 5.78 Å². The molecule has 2 rings (SSSR count). The van der Waals surface area contributed by atoms with E-state index >= 15 is 0 Å². The molecule has 26 heavy (non-hydrogen) atoms. The number of anilines is 2. The molecule has 2 aromatic rings. The molecule has 7 heteroatoms. The van der Waals surface area contributed by atoms with E-state index in [4.69, 9.17) is 11.6 Å². The quantitative estimate of drug-likeness (QED) is 0.731. The van der Waals surface area contributed by atoms with E-state index in [1.807, 2.05) is 0 Å². The van der Waals surface area contributed by atoms with E-state index in [2.05, 4.69) is 10.6 Å². The summed E-state index contributed by atoms with van der Waals surface area (Å²) in [7, 11) is 1.54. The lowest BCUT2D eigenvalue weighted by molar-refractivity contribution is -0.131. The van der Waals surface area contributed by atoms with Crippen molar-refractivity contribution >= 4 is 40.6 Å². The highest BCUT2D eigenvalue weighted by Gasteiger charge is 2.14. The second-order valence-electron chi connectivity index (χ2n) is 5.77. The highest BCUT2D eigenvalue weighted by molar-refractivity contribution is 6.33. The third-order valence-corrected chi connectivity index (χ3v) is 4.00. The van der Waals surface area contributed by atoms with Gasteiger partial charge >= 0.3 is 0 Å². The van der Waals surface area contributed by atoms with Crippen LogP contribution < -0.4 is 10.6 Å². The first-order valence-electron chi connectivity index (χ1n) is 8.00. The summed E-state index contributed by atoms with van der Waals surface area (Å²) < 4.78 is 0. The molecule has 0 radical (unpaired) electrons. The van der Waals surface area contributed by atoms with Crippen molar-refractivity contribution in [2.24, 2.45) is 0 Å². The zero-order valence-electron chi connectivity index (χ0n) is 14.6. The van der Waals surface area contributed by atoms with Gasteiger partial charge in [-0.15, -0.1) is 0 Å². The number of carbonyl (C=O) groups excluding carboxylic acids is 3. The summed E-state index contributed by atoms with van der Waals surface area (Å²) in [6.45, 7) is 1.39. The van der Waals surface area contributed by atoms with Crippen LogP contribution in [0.2, 0.25) is 5.02 Å². The van der Waals surface area contributed by atoms with Gasteiger partial charge in [-0.1, -0.05) is 35.9 Å². The molecule has 0 atom stereocenters. The number of carbonyl (C=O) groups is 3. The molecule has 2 N–H and O–H groups in total. The van der Waals surface area contributed by atoms with E-state index in [0.29, 0.717) is 22.0 Å². The number of benzene rings is 2. The average Bonchev–Trinajstić information content (AvgIpc) is 2.61. The Hall–Kier alpha value is -2.86. The summed E-state index contributed by atoms with van der Waals surface area (Å²) in [5, 5.41) is 6.06. The highest BCUT2D eigenvalue weighted by Crippen LogP contribution is 2.20. The predicted molar refractivity (Wildman–Crippen MR) is 103 cm³/mol. The number of hydrogen-bond donors (Lipinski definition) is 2. The summed E-state index contributed by atoms with van der Waals surface area (Å²) in [5.74, 6) is -0.645. The molecule has 0 bridgehead atoms. The van der Waals surface area contributed by atoms with Gasteiger partial charge < -0.3 is 15.5 Å². The number of halogens is 1. The molecule has 6 nitrogen and oxygen atoms in total. The van der Waals surface area contributed by atoms with Crippen LogP contribution in [0.3, 0.4) is 0 Å². The number of Topliss-reactive ketones (excluding diaryl/α,β-unsaturated/α-hetero) is 1. The Morgan fingerprint density at radius 3 is 2.50 bits per heavy atom. The maximum atomic E-state index is 12.2. The van der Waals surface area contributed by atoms with Crippen molar-refractivity contribution in [2.75, 3.05) is 30.8 Å². The second kappa shape index (κ2) is 9.01. The fraction of sp³-hybridized carbons (Fsp3) is 0.211. The zero-order chi connectivity index (χ0) is 19.1. The number of ketones is 1. The van der Waals surface area contributed by atoms with Crippen molar-refractivity contribution in [3.8, 4) is 0 Å². The van der Waals surface area contributed by atoms with Gasteiger partial charge in [0, 0.05) is 18.3 Å². The third-order valence-electron chi connectivity index (χ3n) is 3.67. The van der Waals surface area contributed by atoms with Gasteiger partial charge in [-0.25, -0.2) is 0 Å². The van der Waals surface area contributed by atoms with Gasteiger partial charge in [-0.2, -0.15) is 0 Å². The van der Waals surface area contributed by atoms with Gasteiger partial charge in [0.1, 0.15) is 0 Å². The van der Waals surface area contributed by atoms with Gasteiger partial charge in [0.05, 0.1) is 23.8 Å². The monoisotopic (exact) mass is 373 g/mol. The first-order chi connectivity index (χ1) is 12.4. The number of hydrogen-bond acceptors (Lipinski definition) is 4. The molecule has 0 aliphatic heterocycles. The maximum Gasteiger partial charge on any atom is 0.244 e. The number of rotatable bonds is 7. The van der Waals surface area contributed by atoms with Crippen LogP contribution in [0.25, 0.3) is 0 Å². The average molecular weight is 374 g/mol. The molecule has 2 aromatic carbocycles. The summed E-state index contributed by atoms with van der Waals surface area (Å²) in [6, 6.07) is 13.8. The molecule has 136 valence electrons. The number of nitrogens with one attached hydrogen (secondary N) is 2. The fourth-order valence-electron chi connectivity index (χ4n) is 2.22. The van der Waals surface area contributed by atoms with Crippen LogP contribution in [0, 0.1) is 0 Å². The SMILES string of the molecule is CC(=O)c1cccc(NCC(=O)N(C)CC(=O)Nc2ccccc2Cl)c1. The largest absolute Gasteiger partial charge is 0.376 e. The van der Waals surface area contributed by atoms with Crippen molar-refractivity contribution in [1.29, 1.82) is 0 Å². The molecule has 0 aliphatic rings. The van der Waals surface area contributed by atoms with E-state index < -0.39 is 0 Å². The van der Waals surface area contributed by atoms with Crippen molar-refractivity contribution in [3.63, 3.8) is 0 Å². The summed E-state index contributed by atoms with van der Waals surface area (Å²) >= 11 is 5.99. The Bertz CT molecular complexity index is 823. The molecule has 0 unspecified atom stereocenters. The fourth-order valence-corrected chi connectivity index (χ4v) is 2.40. The van der Waals surface area contributed by atoms with Crippen LogP contribution >= 0.6 is 11.6 Å². The summed E-state index contributed by atoms with van der Waals surface area (Å²) in [5.41, 5.74) is 1.73. The standard InChI is InChI=1S/C19H20ClN3O3/c1-13(24)14-6-5-7-15(10-14)21-11-19(26)23(2)12-18(25)22-17-9-4-3-8-16(17)20/h3-10,21H,11-12H2,1-2H3,(H,22,25). The second-order valence-corrected chi connectivity index (χ2v) is 6.18. The molecule has 0 aliphatic carbocycles. The third kappa shape index (κ3) is 5.60. The van der Waals surface area contributed by atoms with E-state index in [1.54, 1.807) is 55.6 Å². The van der Waals surface area contributed by atoms with Crippen molar-refractivity contribution in [3.05, 3.63) is 59.1 Å². The summed E-state index contributed by atoms with van der Waals surface area (Å²) in [4.78, 5) is 36.9. The minimum absolute atomic E-state index is 0.0111. The predicted octanol–water partition coefficient (Wildman–Crippen LogP) is 3.05. The Kier molecular flexibility index (Phi) is 6.74. The molecule has 0 saturated heterocycles. The van der Waals surface area contributed by atoms with Crippen LogP contribution in [0.15, 0.2) is 48.5 Å². The zero-order valence-corrected chi connectivity index (χ0v) is 15.3. The van der Waals surface area contributed by atoms with Crippen molar-refractivity contribution in [1.82, 2.24) is 4.90 Å². The van der Waals surface area contributed by atoms with Gasteiger partial charge in [0.25, 0.3) is 0 Å². The molecule has 0 fully saturated rings. The molecular formula is C19H20ClN3O3. The van der Waals surface area contributed by atoms with E-state index in [0.717, 1.165) is 0 Å². The maximum absolute atomic E-state index is 12.2. The number of nitrogens with zero attached hydrogens (tertiary/aromatic N) is 1. The van der Waals surface area contributed by atoms with E-state index in [9.17, 15) is 14.4 Å². The van der Waals surface area contributed by atoms with Crippen LogP contribution in [-0.4, -0.2) is 42.6 Å². The van der Waals surface area contributed by atoms with E-state index in [1.165, 1.54) is 11.8 Å². The van der Waals surface area contributed by atoms with Gasteiger partial charge in [-0.3, -0.25) is 14.4 Å². The first-order valence-corrected chi connectivity index (χ1v) is 8.38. The van der Waals surface area contributed by atoms with Gasteiger partial charge in [0.2, 0.25) is 11.8 Å². The number of amides is 2. The lowest BCUT2D eigenvalue weighted by atomic mass is 10.1. The normalized spacial score (nSPS) is 10.1. The highest BCUT2D eigenvalue weighted by atomic mass is 35.5. The smallest absolute Gasteiger partial charge is 0.244 e. The van der Waals surface area contributed by atoms with Crippen LogP contribution in [0.5, 0.6) is 0 Å². The lowest BCUT2D eigenvalue weighted by Crippen LogP contribution is -2.38. The lowest BCUT2D eigenvalue weighted by Gasteiger charge is -2.18. The minimum atomic E-state index is -0.340. The number of likely N-dealkylation sites (N-methyl/N-ethyl adjacent to an activating group) is 1. The van der Waals surface area contributed by atoms with Gasteiger partial charge in [-0.05, 0) is 31.2 Å². The Balaban J connectivity index is 1.85. The van der Waals surface area contributed by atoms with Crippen molar-refractivity contribution in [2.45, 2.75) is 6.92 Å². The number of para-hydroxylation sites is 1. The van der Waals surface area contributed by atoms with Crippen LogP contribution in [0.4, 0.5) is 11.4 Å². The van der Waals surface area contributed by atoms with Crippen LogP contribution in [-0.2, 0) is 9.59 Å². The van der Waals surface area contributed by atoms with E-state index in [-0.39, 0.29) is 30.7 Å². The Morgan fingerprint density at radius 1 is 1.08 bits per heavy atom. The molecule has 0 spiro atoms. The molecule has 0 saturated carbocycles. The molecule has 0 aromatic heterocycles. The first kappa shape index (κ1) is 19.5. The summed E-state index contributed by atoms with van der Waals surface area (Å²) in [6.07, 6.45) is 0. The molecule has 0 heterocycles. The van der Waals surface area contributed by atoms with Crippen LogP contribution in [0.1, 0.15) is 17.3 Å². The minimum Gasteiger partial charge on any atom is -0.376 e.